The van der Waals surface area contributed by atoms with Gasteiger partial charge in [-0.2, -0.15) is 0 Å². The third-order valence-electron chi connectivity index (χ3n) is 6.18. The maximum absolute atomic E-state index is 2.51. The molecule has 2 atom stereocenters. The van der Waals surface area contributed by atoms with Crippen LogP contribution in [0.5, 0.6) is 0 Å². The van der Waals surface area contributed by atoms with E-state index in [-0.39, 0.29) is 14.4 Å². The molecule has 1 aromatic heterocycles. The first-order valence-electron chi connectivity index (χ1n) is 10.5. The molecule has 3 rings (SSSR count). The number of hydrogen-bond acceptors (Lipinski definition) is 0. The minimum atomic E-state index is 0.187. The molecule has 0 nitrogen and oxygen atoms in total. The average molecular weight is 367 g/mol. The lowest BCUT2D eigenvalue weighted by Gasteiger charge is -2.47. The van der Waals surface area contributed by atoms with Crippen LogP contribution in [0.4, 0.5) is 0 Å². The average Bonchev–Trinajstić information content (AvgIpc) is 2.45. The Labute approximate surface area is 153 Å². The van der Waals surface area contributed by atoms with Gasteiger partial charge in [-0.05, 0) is 47.1 Å². The second kappa shape index (κ2) is 7.16. The molecule has 1 aromatic rings. The van der Waals surface area contributed by atoms with E-state index in [1.165, 1.54) is 38.5 Å². The summed E-state index contributed by atoms with van der Waals surface area (Å²) in [7, 11) is 0.374. The van der Waals surface area contributed by atoms with Crippen molar-refractivity contribution in [3.05, 3.63) is 10.6 Å². The molecule has 0 radical (unpaired) electrons. The fraction of sp³-hybridized carbons (Fsp3) is 0.909. The molecule has 0 amide bonds. The van der Waals surface area contributed by atoms with E-state index in [1.54, 1.807) is 25.7 Å². The normalized spacial score (nSPS) is 23.8. The molecule has 2 heteroatoms. The molecule has 0 bridgehead atoms. The minimum absolute atomic E-state index is 0.187. The lowest BCUT2D eigenvalue weighted by molar-refractivity contribution is 0.479. The molecule has 2 aliphatic carbocycles. The maximum Gasteiger partial charge on any atom is 0.00118 e. The Balaban J connectivity index is 2.09. The van der Waals surface area contributed by atoms with Crippen molar-refractivity contribution < 1.29 is 0 Å². The summed E-state index contributed by atoms with van der Waals surface area (Å²) in [6.45, 7) is 15.1. The number of rotatable bonds is 2. The Hall–Kier alpha value is 0.340. The van der Waals surface area contributed by atoms with E-state index in [4.69, 9.17) is 0 Å². The molecule has 2 saturated carbocycles. The smallest absolute Gasteiger partial charge is 0.00118 e. The van der Waals surface area contributed by atoms with Crippen LogP contribution < -0.4 is 0 Å². The predicted octanol–water partition coefficient (Wildman–Crippen LogP) is 9.27. The van der Waals surface area contributed by atoms with Gasteiger partial charge >= 0.3 is 0 Å². The second-order valence-corrected chi connectivity index (χ2v) is 16.8. The molecule has 1 heterocycles. The first-order chi connectivity index (χ1) is 11.2. The van der Waals surface area contributed by atoms with E-state index in [9.17, 15) is 0 Å². The molecular weight excluding hydrogens is 326 g/mol. The molecule has 0 N–H and O–H groups in total. The van der Waals surface area contributed by atoms with Crippen molar-refractivity contribution in [1.82, 2.24) is 0 Å². The monoisotopic (exact) mass is 366 g/mol. The zero-order valence-electron chi connectivity index (χ0n) is 17.1. The Morgan fingerprint density at radius 2 is 0.833 bits per heavy atom. The highest BCUT2D eigenvalue weighted by Gasteiger charge is 2.41. The largest absolute Gasteiger partial charge is 0.0963 e. The zero-order valence-corrected chi connectivity index (χ0v) is 18.9. The molecule has 2 fully saturated rings. The molecule has 24 heavy (non-hydrogen) atoms. The Morgan fingerprint density at radius 3 is 1.08 bits per heavy atom. The first kappa shape index (κ1) is 19.1. The Morgan fingerprint density at radius 1 is 0.542 bits per heavy atom. The molecule has 138 valence electrons. The van der Waals surface area contributed by atoms with Gasteiger partial charge in [0, 0.05) is 11.3 Å². The minimum Gasteiger partial charge on any atom is -0.0963 e. The predicted molar refractivity (Wildman–Crippen MR) is 114 cm³/mol. The summed E-state index contributed by atoms with van der Waals surface area (Å²) in [6, 6.07) is 0. The van der Waals surface area contributed by atoms with E-state index >= 15 is 0 Å². The number of hydrogen-bond donors (Lipinski definition) is 0. The van der Waals surface area contributed by atoms with Crippen LogP contribution in [-0.4, -0.2) is 0 Å². The summed E-state index contributed by atoms with van der Waals surface area (Å²) in [4.78, 5) is 0. The van der Waals surface area contributed by atoms with Crippen molar-refractivity contribution in [2.45, 2.75) is 128 Å². The summed E-state index contributed by atoms with van der Waals surface area (Å²) in [6.07, 6.45) is 15.3. The molecule has 0 saturated heterocycles. The summed E-state index contributed by atoms with van der Waals surface area (Å²) < 4.78 is 0. The van der Waals surface area contributed by atoms with Crippen molar-refractivity contribution in [3.8, 4) is 0 Å². The van der Waals surface area contributed by atoms with Gasteiger partial charge in [-0.15, -0.1) is 0 Å². The van der Waals surface area contributed by atoms with Gasteiger partial charge in [0.1, 0.15) is 0 Å². The topological polar surface area (TPSA) is 0 Å². The highest BCUT2D eigenvalue weighted by atomic mass is 31.9. The van der Waals surface area contributed by atoms with Gasteiger partial charge in [-0.25, -0.2) is 0 Å². The van der Waals surface area contributed by atoms with E-state index in [1.807, 2.05) is 10.6 Å². The van der Waals surface area contributed by atoms with Gasteiger partial charge in [-0.3, -0.25) is 0 Å². The van der Waals surface area contributed by atoms with Crippen LogP contribution in [0.2, 0.25) is 0 Å². The third-order valence-corrected chi connectivity index (χ3v) is 16.5. The third kappa shape index (κ3) is 3.71. The fourth-order valence-corrected chi connectivity index (χ4v) is 18.4. The van der Waals surface area contributed by atoms with Gasteiger partial charge in [0.05, 0.1) is 0 Å². The van der Waals surface area contributed by atoms with Gasteiger partial charge in [-0.1, -0.05) is 94.5 Å². The second-order valence-electron chi connectivity index (χ2n) is 10.5. The highest BCUT2D eigenvalue weighted by Crippen LogP contribution is 2.80. The Bertz CT molecular complexity index is 485. The fourth-order valence-electron chi connectivity index (χ4n) is 5.15. The lowest BCUT2D eigenvalue weighted by atomic mass is 9.86. The molecular formula is C22H40P2. The van der Waals surface area contributed by atoms with Crippen molar-refractivity contribution in [2.75, 3.05) is 0 Å². The van der Waals surface area contributed by atoms with Crippen LogP contribution in [0.25, 0.3) is 0 Å². The van der Waals surface area contributed by atoms with Gasteiger partial charge in [0.25, 0.3) is 0 Å². The van der Waals surface area contributed by atoms with E-state index in [0.717, 1.165) is 11.3 Å². The van der Waals surface area contributed by atoms with Crippen molar-refractivity contribution in [3.63, 3.8) is 0 Å². The van der Waals surface area contributed by atoms with Crippen LogP contribution >= 0.6 is 14.4 Å². The highest BCUT2D eigenvalue weighted by molar-refractivity contribution is 8.12. The van der Waals surface area contributed by atoms with Crippen LogP contribution in [0.15, 0.2) is 0 Å². The summed E-state index contributed by atoms with van der Waals surface area (Å²) in [5.41, 5.74) is 2.97. The molecule has 0 spiro atoms. The SMILES string of the molecule is CC(C)(C)c1c(C(C)(C)C)p(C2CCCCC2)p1C1CCCCC1. The summed E-state index contributed by atoms with van der Waals surface area (Å²) in [5, 5.41) is 3.96. The quantitative estimate of drug-likeness (QED) is 0.489. The molecule has 2 aliphatic rings. The standard InChI is InChI=1S/C22H40P2/c1-21(2,3)19-20(22(4,5)6)24(18-15-11-8-12-16-18)23(19)17-13-9-7-10-14-17/h17-18H,7-16H2,1-6H3. The summed E-state index contributed by atoms with van der Waals surface area (Å²) >= 11 is 0. The lowest BCUT2D eigenvalue weighted by Crippen LogP contribution is -2.25. The van der Waals surface area contributed by atoms with Crippen molar-refractivity contribution >= 4 is 14.4 Å². The molecule has 2 unspecified atom stereocenters. The van der Waals surface area contributed by atoms with Crippen molar-refractivity contribution in [2.24, 2.45) is 0 Å². The van der Waals surface area contributed by atoms with Gasteiger partial charge in [0.15, 0.2) is 0 Å². The van der Waals surface area contributed by atoms with E-state index in [2.05, 4.69) is 41.5 Å². The zero-order chi connectivity index (χ0) is 17.5. The van der Waals surface area contributed by atoms with E-state index in [0.29, 0.717) is 10.8 Å². The van der Waals surface area contributed by atoms with Crippen molar-refractivity contribution in [1.29, 1.82) is 0 Å². The van der Waals surface area contributed by atoms with Crippen LogP contribution in [0, 0.1) is 0 Å². The van der Waals surface area contributed by atoms with Crippen LogP contribution in [0.1, 0.15) is 128 Å². The van der Waals surface area contributed by atoms with E-state index < -0.39 is 0 Å². The molecule has 0 aromatic carbocycles. The van der Waals surface area contributed by atoms with Crippen LogP contribution in [0.3, 0.4) is 0 Å². The van der Waals surface area contributed by atoms with Gasteiger partial charge in [0.2, 0.25) is 0 Å². The van der Waals surface area contributed by atoms with Gasteiger partial charge < -0.3 is 0 Å². The first-order valence-corrected chi connectivity index (χ1v) is 14.1. The molecule has 0 aliphatic heterocycles. The Kier molecular flexibility index (Phi) is 5.70. The summed E-state index contributed by atoms with van der Waals surface area (Å²) in [5.74, 6) is 0. The maximum atomic E-state index is 2.51. The van der Waals surface area contributed by atoms with Crippen LogP contribution in [-0.2, 0) is 10.8 Å².